The fourth-order valence-corrected chi connectivity index (χ4v) is 2.31. The number of hydrogen-bond acceptors (Lipinski definition) is 5. The maximum absolute atomic E-state index is 12.3. The van der Waals surface area contributed by atoms with Gasteiger partial charge in [-0.1, -0.05) is 11.6 Å². The topological polar surface area (TPSA) is 84.7 Å². The fourth-order valence-electron chi connectivity index (χ4n) is 2.14. The number of hydrogen-bond donors (Lipinski definition) is 1. The number of rotatable bonds is 4. The Morgan fingerprint density at radius 2 is 2.14 bits per heavy atom. The number of carbonyl (C=O) groups is 1. The summed E-state index contributed by atoms with van der Waals surface area (Å²) in [6, 6.07) is 3.62. The summed E-state index contributed by atoms with van der Waals surface area (Å²) < 4.78 is 5.19. The molecule has 1 atom stereocenters. The summed E-state index contributed by atoms with van der Waals surface area (Å²) in [5.41, 5.74) is 0.127. The second-order valence-electron chi connectivity index (χ2n) is 4.72. The van der Waals surface area contributed by atoms with E-state index in [0.717, 1.165) is 0 Å². The summed E-state index contributed by atoms with van der Waals surface area (Å²) in [7, 11) is 0. The van der Waals surface area contributed by atoms with Crippen LogP contribution in [0.2, 0.25) is 5.02 Å². The molecular formula is C13H16ClN3O4. The van der Waals surface area contributed by atoms with Crippen molar-refractivity contribution >= 4 is 28.9 Å². The third kappa shape index (κ3) is 3.83. The minimum Gasteiger partial charge on any atom is -0.378 e. The maximum atomic E-state index is 12.3. The lowest BCUT2D eigenvalue weighted by atomic mass is 10.2. The van der Waals surface area contributed by atoms with Crippen molar-refractivity contribution in [2.75, 3.05) is 31.6 Å². The van der Waals surface area contributed by atoms with Crippen LogP contribution in [0.15, 0.2) is 18.2 Å². The first-order valence-electron chi connectivity index (χ1n) is 6.56. The van der Waals surface area contributed by atoms with Gasteiger partial charge in [-0.3, -0.25) is 14.9 Å². The number of nitrogens with zero attached hydrogens (tertiary/aromatic N) is 2. The Balaban J connectivity index is 2.11. The summed E-state index contributed by atoms with van der Waals surface area (Å²) in [6.45, 7) is 3.75. The number of amides is 1. The molecule has 0 radical (unpaired) electrons. The molecule has 1 saturated heterocycles. The Morgan fingerprint density at radius 3 is 2.76 bits per heavy atom. The van der Waals surface area contributed by atoms with Gasteiger partial charge < -0.3 is 15.0 Å². The largest absolute Gasteiger partial charge is 0.378 e. The van der Waals surface area contributed by atoms with Gasteiger partial charge in [-0.15, -0.1) is 0 Å². The number of carbonyl (C=O) groups excluding carboxylic acids is 1. The van der Waals surface area contributed by atoms with Crippen molar-refractivity contribution in [3.8, 4) is 0 Å². The van der Waals surface area contributed by atoms with Crippen LogP contribution in [0.4, 0.5) is 11.4 Å². The van der Waals surface area contributed by atoms with Crippen molar-refractivity contribution in [2.24, 2.45) is 0 Å². The zero-order valence-corrected chi connectivity index (χ0v) is 12.3. The lowest BCUT2D eigenvalue weighted by Crippen LogP contribution is -2.47. The van der Waals surface area contributed by atoms with Crippen LogP contribution in [0.3, 0.4) is 0 Å². The number of nitro benzene ring substituents is 1. The van der Waals surface area contributed by atoms with Gasteiger partial charge in [-0.2, -0.15) is 0 Å². The minimum atomic E-state index is -0.583. The highest BCUT2D eigenvalue weighted by atomic mass is 35.5. The molecule has 0 spiro atoms. The van der Waals surface area contributed by atoms with Gasteiger partial charge in [0.05, 0.1) is 18.1 Å². The molecule has 1 aliphatic rings. The fraction of sp³-hybridized carbons (Fsp3) is 0.462. The molecule has 0 bridgehead atoms. The first kappa shape index (κ1) is 15.5. The smallest absolute Gasteiger partial charge is 0.292 e. The predicted octanol–water partition coefficient (Wildman–Crippen LogP) is 1.91. The Hall–Kier alpha value is -1.86. The van der Waals surface area contributed by atoms with Crippen LogP contribution < -0.4 is 5.32 Å². The van der Waals surface area contributed by atoms with E-state index in [9.17, 15) is 14.9 Å². The molecular weight excluding hydrogens is 298 g/mol. The molecule has 1 fully saturated rings. The number of benzene rings is 1. The number of ether oxygens (including phenoxy) is 1. The van der Waals surface area contributed by atoms with Crippen molar-refractivity contribution < 1.29 is 14.5 Å². The average Bonchev–Trinajstić information content (AvgIpc) is 2.47. The van der Waals surface area contributed by atoms with Crippen LogP contribution >= 0.6 is 11.6 Å². The molecule has 0 saturated carbocycles. The molecule has 0 aliphatic carbocycles. The highest BCUT2D eigenvalue weighted by Crippen LogP contribution is 2.28. The van der Waals surface area contributed by atoms with Gasteiger partial charge in [0.15, 0.2) is 0 Å². The van der Waals surface area contributed by atoms with E-state index >= 15 is 0 Å². The Kier molecular flexibility index (Phi) is 4.98. The number of halogens is 1. The number of morpholine rings is 1. The molecule has 1 aromatic rings. The summed E-state index contributed by atoms with van der Waals surface area (Å²) in [4.78, 5) is 24.4. The van der Waals surface area contributed by atoms with Crippen molar-refractivity contribution in [1.82, 2.24) is 4.90 Å². The summed E-state index contributed by atoms with van der Waals surface area (Å²) in [5, 5.41) is 14.2. The number of anilines is 1. The molecule has 7 nitrogen and oxygen atoms in total. The van der Waals surface area contributed by atoms with Gasteiger partial charge in [-0.05, 0) is 19.1 Å². The molecule has 2 rings (SSSR count). The van der Waals surface area contributed by atoms with Gasteiger partial charge in [-0.25, -0.2) is 0 Å². The summed E-state index contributed by atoms with van der Waals surface area (Å²) in [6.07, 6.45) is 0. The van der Waals surface area contributed by atoms with Gasteiger partial charge in [0.25, 0.3) is 5.69 Å². The van der Waals surface area contributed by atoms with E-state index in [0.29, 0.717) is 31.3 Å². The number of nitro groups is 1. The number of nitrogens with one attached hydrogen (secondary N) is 1. The Morgan fingerprint density at radius 1 is 1.48 bits per heavy atom. The normalized spacial score (nSPS) is 16.4. The van der Waals surface area contributed by atoms with Crippen molar-refractivity contribution in [1.29, 1.82) is 0 Å². The van der Waals surface area contributed by atoms with E-state index in [2.05, 4.69) is 5.32 Å². The second kappa shape index (κ2) is 6.73. The first-order valence-corrected chi connectivity index (χ1v) is 6.94. The van der Waals surface area contributed by atoms with E-state index in [4.69, 9.17) is 16.3 Å². The molecule has 8 heteroatoms. The highest BCUT2D eigenvalue weighted by molar-refractivity contribution is 6.31. The zero-order chi connectivity index (χ0) is 15.4. The lowest BCUT2D eigenvalue weighted by molar-refractivity contribution is -0.384. The average molecular weight is 314 g/mol. The van der Waals surface area contributed by atoms with Gasteiger partial charge in [0.2, 0.25) is 5.91 Å². The first-order chi connectivity index (χ1) is 9.99. The summed E-state index contributed by atoms with van der Waals surface area (Å²) >= 11 is 5.86. The van der Waals surface area contributed by atoms with Crippen LogP contribution in [0.1, 0.15) is 6.92 Å². The molecule has 1 heterocycles. The standard InChI is InChI=1S/C13H16ClN3O4/c1-9(13(18)16-4-6-21-7-5-16)15-11-8-10(14)2-3-12(11)17(19)20/h2-3,8-9,15H,4-7H2,1H3. The minimum absolute atomic E-state index is 0.110. The Labute approximate surface area is 127 Å². The van der Waals surface area contributed by atoms with Gasteiger partial charge in [0.1, 0.15) is 11.7 Å². The van der Waals surface area contributed by atoms with Crippen molar-refractivity contribution in [3.63, 3.8) is 0 Å². The van der Waals surface area contributed by atoms with E-state index in [1.54, 1.807) is 11.8 Å². The molecule has 1 amide bonds. The SMILES string of the molecule is CC(Nc1cc(Cl)ccc1[N+](=O)[O-])C(=O)N1CCOCC1. The van der Waals surface area contributed by atoms with E-state index in [-0.39, 0.29) is 17.3 Å². The third-order valence-electron chi connectivity index (χ3n) is 3.22. The summed E-state index contributed by atoms with van der Waals surface area (Å²) in [5.74, 6) is -0.118. The van der Waals surface area contributed by atoms with Crippen LogP contribution in [0.25, 0.3) is 0 Å². The highest BCUT2D eigenvalue weighted by Gasteiger charge is 2.24. The third-order valence-corrected chi connectivity index (χ3v) is 3.46. The molecule has 21 heavy (non-hydrogen) atoms. The molecule has 1 unspecified atom stereocenters. The van der Waals surface area contributed by atoms with E-state index in [1.807, 2.05) is 0 Å². The molecule has 114 valence electrons. The van der Waals surface area contributed by atoms with Gasteiger partial charge >= 0.3 is 0 Å². The zero-order valence-electron chi connectivity index (χ0n) is 11.5. The Bertz CT molecular complexity index is 546. The van der Waals surface area contributed by atoms with Crippen molar-refractivity contribution in [2.45, 2.75) is 13.0 Å². The second-order valence-corrected chi connectivity index (χ2v) is 5.16. The molecule has 0 aromatic heterocycles. The predicted molar refractivity (Wildman–Crippen MR) is 78.6 cm³/mol. The molecule has 1 aromatic carbocycles. The van der Waals surface area contributed by atoms with Crippen LogP contribution in [-0.4, -0.2) is 48.1 Å². The monoisotopic (exact) mass is 313 g/mol. The molecule has 1 aliphatic heterocycles. The van der Waals surface area contributed by atoms with Crippen LogP contribution in [0, 0.1) is 10.1 Å². The van der Waals surface area contributed by atoms with E-state index in [1.165, 1.54) is 18.2 Å². The van der Waals surface area contributed by atoms with Crippen LogP contribution in [-0.2, 0) is 9.53 Å². The van der Waals surface area contributed by atoms with Gasteiger partial charge in [0, 0.05) is 24.2 Å². The maximum Gasteiger partial charge on any atom is 0.292 e. The molecule has 1 N–H and O–H groups in total. The quantitative estimate of drug-likeness (QED) is 0.678. The van der Waals surface area contributed by atoms with Crippen molar-refractivity contribution in [3.05, 3.63) is 33.3 Å². The van der Waals surface area contributed by atoms with E-state index < -0.39 is 11.0 Å². The van der Waals surface area contributed by atoms with Crippen LogP contribution in [0.5, 0.6) is 0 Å². The lowest BCUT2D eigenvalue weighted by Gasteiger charge is -2.29.